The Balaban J connectivity index is 1.60. The lowest BCUT2D eigenvalue weighted by Gasteiger charge is -2.27. The van der Waals surface area contributed by atoms with Gasteiger partial charge in [0.1, 0.15) is 5.82 Å². The summed E-state index contributed by atoms with van der Waals surface area (Å²) in [6.45, 7) is 9.61. The topological polar surface area (TPSA) is 65.2 Å². The third kappa shape index (κ3) is 4.59. The molecule has 2 aromatic heterocycles. The third-order valence-corrected chi connectivity index (χ3v) is 6.56. The van der Waals surface area contributed by atoms with Crippen molar-refractivity contribution < 1.29 is 13.9 Å². The summed E-state index contributed by atoms with van der Waals surface area (Å²) in [5, 5.41) is 9.30. The molecule has 1 aromatic carbocycles. The second kappa shape index (κ2) is 9.87. The molecule has 3 heterocycles. The molecule has 0 unspecified atom stereocenters. The number of hydrogen-bond donors (Lipinski definition) is 0. The number of halogens is 1. The van der Waals surface area contributed by atoms with E-state index in [1.165, 1.54) is 23.9 Å². The molecule has 170 valence electrons. The maximum Gasteiger partial charge on any atom is 0.232 e. The molecule has 1 fully saturated rings. The fraction of sp³-hybridized carbons (Fsp3) is 0.435. The first-order chi connectivity index (χ1) is 15.5. The Morgan fingerprint density at radius 2 is 1.97 bits per heavy atom. The summed E-state index contributed by atoms with van der Waals surface area (Å²) in [5.41, 5.74) is 3.46. The van der Waals surface area contributed by atoms with Crippen LogP contribution < -0.4 is 4.90 Å². The van der Waals surface area contributed by atoms with Crippen LogP contribution in [0.1, 0.15) is 35.1 Å². The minimum atomic E-state index is -0.334. The smallest absolute Gasteiger partial charge is 0.232 e. The number of carbonyl (C=O) groups is 1. The first-order valence-electron chi connectivity index (χ1n) is 10.9. The van der Waals surface area contributed by atoms with Crippen molar-refractivity contribution in [3.63, 3.8) is 0 Å². The summed E-state index contributed by atoms with van der Waals surface area (Å²) in [7, 11) is 0. The Bertz CT molecular complexity index is 1100. The van der Waals surface area contributed by atoms with E-state index in [1.54, 1.807) is 6.07 Å². The number of thioether (sulfide) groups is 1. The van der Waals surface area contributed by atoms with Crippen LogP contribution in [0.5, 0.6) is 0 Å². The third-order valence-electron chi connectivity index (χ3n) is 5.63. The average Bonchev–Trinajstić information content (AvgIpc) is 3.35. The molecule has 0 bridgehead atoms. The fourth-order valence-electron chi connectivity index (χ4n) is 4.02. The number of nitrogens with zero attached hydrogens (tertiary/aromatic N) is 5. The van der Waals surface area contributed by atoms with Crippen LogP contribution in [-0.4, -0.2) is 57.2 Å². The van der Waals surface area contributed by atoms with E-state index in [0.29, 0.717) is 43.1 Å². The molecule has 1 aliphatic heterocycles. The van der Waals surface area contributed by atoms with Crippen molar-refractivity contribution in [2.24, 2.45) is 0 Å². The number of ketones is 1. The second-order valence-electron chi connectivity index (χ2n) is 7.85. The van der Waals surface area contributed by atoms with E-state index in [9.17, 15) is 9.18 Å². The van der Waals surface area contributed by atoms with E-state index >= 15 is 0 Å². The number of ether oxygens (including phenoxy) is 1. The van der Waals surface area contributed by atoms with Gasteiger partial charge in [-0.05, 0) is 44.5 Å². The molecular formula is C23H28FN5O2S. The highest BCUT2D eigenvalue weighted by atomic mass is 32.2. The zero-order valence-corrected chi connectivity index (χ0v) is 19.5. The predicted octanol–water partition coefficient (Wildman–Crippen LogP) is 4.05. The molecule has 3 aromatic rings. The molecule has 0 saturated carbocycles. The number of carbonyl (C=O) groups excluding carboxylic acids is 1. The largest absolute Gasteiger partial charge is 0.378 e. The zero-order chi connectivity index (χ0) is 22.7. The monoisotopic (exact) mass is 457 g/mol. The van der Waals surface area contributed by atoms with Crippen LogP contribution in [0, 0.1) is 19.7 Å². The zero-order valence-electron chi connectivity index (χ0n) is 18.7. The molecule has 32 heavy (non-hydrogen) atoms. The van der Waals surface area contributed by atoms with Crippen LogP contribution in [0.15, 0.2) is 35.5 Å². The van der Waals surface area contributed by atoms with Crippen LogP contribution in [0.4, 0.5) is 10.3 Å². The van der Waals surface area contributed by atoms with Crippen molar-refractivity contribution in [3.05, 3.63) is 53.1 Å². The minimum absolute atomic E-state index is 0.0483. The first-order valence-corrected chi connectivity index (χ1v) is 11.8. The van der Waals surface area contributed by atoms with Crippen LogP contribution in [0.2, 0.25) is 0 Å². The molecule has 0 spiro atoms. The normalized spacial score (nSPS) is 14.2. The van der Waals surface area contributed by atoms with Gasteiger partial charge in [-0.25, -0.2) is 4.39 Å². The van der Waals surface area contributed by atoms with Crippen LogP contribution >= 0.6 is 11.8 Å². The number of anilines is 1. The molecule has 0 atom stereocenters. The van der Waals surface area contributed by atoms with E-state index in [1.807, 2.05) is 30.5 Å². The van der Waals surface area contributed by atoms with E-state index in [-0.39, 0.29) is 17.4 Å². The van der Waals surface area contributed by atoms with Gasteiger partial charge < -0.3 is 14.2 Å². The first kappa shape index (κ1) is 22.5. The average molecular weight is 458 g/mol. The summed E-state index contributed by atoms with van der Waals surface area (Å²) in [5.74, 6) is 0.578. The minimum Gasteiger partial charge on any atom is -0.378 e. The van der Waals surface area contributed by atoms with Gasteiger partial charge >= 0.3 is 0 Å². The van der Waals surface area contributed by atoms with Crippen molar-refractivity contribution in [2.75, 3.05) is 37.0 Å². The number of aromatic nitrogens is 4. The van der Waals surface area contributed by atoms with E-state index in [0.717, 1.165) is 29.9 Å². The highest BCUT2D eigenvalue weighted by molar-refractivity contribution is 7.99. The van der Waals surface area contributed by atoms with Gasteiger partial charge in [-0.1, -0.05) is 24.8 Å². The Hall–Kier alpha value is -2.65. The van der Waals surface area contributed by atoms with Gasteiger partial charge in [0.15, 0.2) is 10.9 Å². The lowest BCUT2D eigenvalue weighted by Crippen LogP contribution is -2.37. The molecule has 0 aliphatic carbocycles. The quantitative estimate of drug-likeness (QED) is 0.376. The summed E-state index contributed by atoms with van der Waals surface area (Å²) in [6.07, 6.45) is 1.01. The lowest BCUT2D eigenvalue weighted by molar-refractivity contribution is 0.102. The van der Waals surface area contributed by atoms with Gasteiger partial charge in [-0.3, -0.25) is 9.36 Å². The highest BCUT2D eigenvalue weighted by Crippen LogP contribution is 2.28. The summed E-state index contributed by atoms with van der Waals surface area (Å²) >= 11 is 1.32. The van der Waals surface area contributed by atoms with Crippen molar-refractivity contribution in [2.45, 2.75) is 38.9 Å². The number of Topliss-reactive ketones (excluding diaryl/α,β-unsaturated/α-hetero) is 1. The van der Waals surface area contributed by atoms with Crippen molar-refractivity contribution in [1.29, 1.82) is 0 Å². The van der Waals surface area contributed by atoms with Crippen molar-refractivity contribution in [1.82, 2.24) is 19.3 Å². The van der Waals surface area contributed by atoms with Gasteiger partial charge in [0, 0.05) is 36.6 Å². The van der Waals surface area contributed by atoms with Crippen LogP contribution in [0.25, 0.3) is 5.69 Å². The molecule has 0 radical (unpaired) electrons. The molecular weight excluding hydrogens is 429 g/mol. The Labute approximate surface area is 191 Å². The summed E-state index contributed by atoms with van der Waals surface area (Å²) in [4.78, 5) is 15.1. The van der Waals surface area contributed by atoms with E-state index in [2.05, 4.69) is 26.6 Å². The second-order valence-corrected chi connectivity index (χ2v) is 8.79. The molecule has 1 aliphatic rings. The van der Waals surface area contributed by atoms with Crippen LogP contribution in [0.3, 0.4) is 0 Å². The number of benzene rings is 1. The number of aryl methyl sites for hydroxylation is 1. The Kier molecular flexibility index (Phi) is 6.95. The van der Waals surface area contributed by atoms with Crippen molar-refractivity contribution in [3.8, 4) is 5.69 Å². The molecule has 0 amide bonds. The Morgan fingerprint density at radius 1 is 1.19 bits per heavy atom. The molecule has 0 N–H and O–H groups in total. The fourth-order valence-corrected chi connectivity index (χ4v) is 4.85. The van der Waals surface area contributed by atoms with E-state index < -0.39 is 0 Å². The number of rotatable bonds is 8. The van der Waals surface area contributed by atoms with Gasteiger partial charge in [-0.15, -0.1) is 10.2 Å². The maximum absolute atomic E-state index is 14.0. The van der Waals surface area contributed by atoms with E-state index in [4.69, 9.17) is 4.74 Å². The summed E-state index contributed by atoms with van der Waals surface area (Å²) in [6, 6.07) is 8.31. The van der Waals surface area contributed by atoms with Crippen LogP contribution in [-0.2, 0) is 11.3 Å². The number of morpholine rings is 1. The Morgan fingerprint density at radius 3 is 2.69 bits per heavy atom. The SMILES string of the molecule is CCCn1c(C)cc(C(=O)CSc2nnc(N3CCOCC3)n2-c2cccc(F)c2)c1C. The number of hydrogen-bond acceptors (Lipinski definition) is 6. The predicted molar refractivity (Wildman–Crippen MR) is 124 cm³/mol. The van der Waals surface area contributed by atoms with Gasteiger partial charge in [0.2, 0.25) is 5.95 Å². The summed E-state index contributed by atoms with van der Waals surface area (Å²) < 4.78 is 23.5. The maximum atomic E-state index is 14.0. The standard InChI is InChI=1S/C23H28FN5O2S/c1-4-8-28-16(2)13-20(17(28)3)21(30)15-32-23-26-25-22(27-9-11-31-12-10-27)29(23)19-7-5-6-18(24)14-19/h5-7,13-14H,4,8-12,15H2,1-3H3. The molecule has 4 rings (SSSR count). The molecule has 1 saturated heterocycles. The lowest BCUT2D eigenvalue weighted by atomic mass is 10.2. The van der Waals surface area contributed by atoms with Gasteiger partial charge in [-0.2, -0.15) is 0 Å². The molecule has 7 nitrogen and oxygen atoms in total. The van der Waals surface area contributed by atoms with Gasteiger partial charge in [0.05, 0.1) is 24.7 Å². The van der Waals surface area contributed by atoms with Crippen molar-refractivity contribution >= 4 is 23.5 Å². The van der Waals surface area contributed by atoms with Gasteiger partial charge in [0.25, 0.3) is 0 Å². The molecule has 9 heteroatoms. The highest BCUT2D eigenvalue weighted by Gasteiger charge is 2.23.